The van der Waals surface area contributed by atoms with E-state index >= 15 is 0 Å². The number of fused-ring (bicyclic) bond motifs is 1. The number of aromatic nitrogens is 1. The average molecular weight is 416 g/mol. The number of rotatable bonds is 4. The van der Waals surface area contributed by atoms with Gasteiger partial charge < -0.3 is 26.5 Å². The number of guanidine groups is 1. The summed E-state index contributed by atoms with van der Waals surface area (Å²) >= 11 is 0. The summed E-state index contributed by atoms with van der Waals surface area (Å²) in [6.45, 7) is 0.311. The number of aromatic amines is 1. The minimum Gasteiger partial charge on any atom is -0.490 e. The van der Waals surface area contributed by atoms with Crippen LogP contribution in [0.5, 0.6) is 5.75 Å². The van der Waals surface area contributed by atoms with Gasteiger partial charge in [-0.15, -0.1) is 24.8 Å². The normalized spacial score (nSPS) is 11.5. The van der Waals surface area contributed by atoms with Gasteiger partial charge in [0.15, 0.2) is 5.96 Å². The molecule has 0 aliphatic heterocycles. The Labute approximate surface area is 159 Å². The van der Waals surface area contributed by atoms with Crippen molar-refractivity contribution in [3.05, 3.63) is 29.5 Å². The first-order valence-electron chi connectivity index (χ1n) is 6.90. The van der Waals surface area contributed by atoms with Gasteiger partial charge in [0.1, 0.15) is 18.1 Å². The van der Waals surface area contributed by atoms with Crippen molar-refractivity contribution >= 4 is 47.6 Å². The van der Waals surface area contributed by atoms with Gasteiger partial charge in [0.25, 0.3) is 5.91 Å². The van der Waals surface area contributed by atoms with Gasteiger partial charge in [0.05, 0.1) is 11.1 Å². The van der Waals surface area contributed by atoms with Gasteiger partial charge in [-0.3, -0.25) is 4.79 Å². The Morgan fingerprint density at radius 3 is 2.54 bits per heavy atom. The lowest BCUT2D eigenvalue weighted by atomic mass is 10.1. The van der Waals surface area contributed by atoms with Gasteiger partial charge in [0.2, 0.25) is 0 Å². The molecule has 2 rings (SSSR count). The summed E-state index contributed by atoms with van der Waals surface area (Å²) in [5.41, 5.74) is 9.73. The first kappa shape index (κ1) is 23.8. The van der Waals surface area contributed by atoms with E-state index in [1.54, 1.807) is 0 Å². The minimum atomic E-state index is -4.58. The van der Waals surface area contributed by atoms with Crippen molar-refractivity contribution in [1.29, 1.82) is 0 Å². The molecule has 0 aliphatic rings. The average Bonchev–Trinajstić information content (AvgIpc) is 2.96. The number of alkyl halides is 3. The molecule has 0 fully saturated rings. The van der Waals surface area contributed by atoms with Crippen LogP contribution < -0.4 is 21.5 Å². The molecule has 6 N–H and O–H groups in total. The van der Waals surface area contributed by atoms with E-state index in [1.807, 2.05) is 0 Å². The van der Waals surface area contributed by atoms with Crippen LogP contribution in [0.15, 0.2) is 23.2 Å². The van der Waals surface area contributed by atoms with Gasteiger partial charge in [-0.2, -0.15) is 18.2 Å². The van der Waals surface area contributed by atoms with E-state index in [0.717, 1.165) is 12.1 Å². The molecule has 26 heavy (non-hydrogen) atoms. The van der Waals surface area contributed by atoms with E-state index in [9.17, 15) is 18.0 Å². The van der Waals surface area contributed by atoms with Gasteiger partial charge in [-0.25, -0.2) is 0 Å². The maximum atomic E-state index is 13.2. The summed E-state index contributed by atoms with van der Waals surface area (Å²) in [6.07, 6.45) is -4.58. The van der Waals surface area contributed by atoms with Crippen LogP contribution >= 0.6 is 24.8 Å². The van der Waals surface area contributed by atoms with Crippen molar-refractivity contribution < 1.29 is 22.7 Å². The van der Waals surface area contributed by atoms with E-state index in [-0.39, 0.29) is 66.3 Å². The Morgan fingerprint density at radius 1 is 1.35 bits per heavy atom. The molecule has 2 aromatic rings. The molecule has 146 valence electrons. The number of carbonyl (C=O) groups excluding carboxylic acids is 1. The lowest BCUT2D eigenvalue weighted by Gasteiger charge is -2.11. The molecule has 1 amide bonds. The second kappa shape index (κ2) is 9.51. The summed E-state index contributed by atoms with van der Waals surface area (Å²) in [5.74, 6) is -0.807. The van der Waals surface area contributed by atoms with Crippen LogP contribution in [0.25, 0.3) is 10.9 Å². The highest BCUT2D eigenvalue weighted by molar-refractivity contribution is 6.05. The Hall–Kier alpha value is -2.17. The molecular formula is C14H18Cl2F3N5O2. The minimum absolute atomic E-state index is 0. The second-order valence-electron chi connectivity index (χ2n) is 4.77. The molecular weight excluding hydrogens is 398 g/mol. The third-order valence-corrected chi connectivity index (χ3v) is 3.14. The number of carbonyl (C=O) groups is 1. The second-order valence-corrected chi connectivity index (χ2v) is 4.77. The molecule has 0 bridgehead atoms. The van der Waals surface area contributed by atoms with E-state index in [0.29, 0.717) is 0 Å². The number of nitrogens with one attached hydrogen (secondary N) is 2. The van der Waals surface area contributed by atoms with Crippen LogP contribution in [0.3, 0.4) is 0 Å². The van der Waals surface area contributed by atoms with E-state index in [4.69, 9.17) is 16.2 Å². The van der Waals surface area contributed by atoms with Crippen molar-refractivity contribution in [3.8, 4) is 5.75 Å². The number of benzene rings is 1. The van der Waals surface area contributed by atoms with Crippen molar-refractivity contribution in [1.82, 2.24) is 10.3 Å². The number of hydrogen-bond acceptors (Lipinski definition) is 3. The fraction of sp³-hybridized carbons (Fsp3) is 0.286. The van der Waals surface area contributed by atoms with Crippen LogP contribution in [0, 0.1) is 0 Å². The highest BCUT2D eigenvalue weighted by atomic mass is 35.5. The predicted molar refractivity (Wildman–Crippen MR) is 97.4 cm³/mol. The number of halogens is 5. The van der Waals surface area contributed by atoms with Gasteiger partial charge in [-0.05, 0) is 18.2 Å². The zero-order chi connectivity index (χ0) is 17.9. The van der Waals surface area contributed by atoms with E-state index < -0.39 is 17.6 Å². The molecule has 0 spiro atoms. The van der Waals surface area contributed by atoms with Crippen LogP contribution in [-0.4, -0.2) is 37.1 Å². The highest BCUT2D eigenvalue weighted by Gasteiger charge is 2.34. The fourth-order valence-electron chi connectivity index (χ4n) is 2.07. The Morgan fingerprint density at radius 2 is 2.00 bits per heavy atom. The number of nitrogens with two attached hydrogens (primary N) is 2. The highest BCUT2D eigenvalue weighted by Crippen LogP contribution is 2.38. The molecule has 0 saturated heterocycles. The number of ether oxygens (including phenoxy) is 1. The Bertz CT molecular complexity index is 793. The molecule has 1 aromatic heterocycles. The summed E-state index contributed by atoms with van der Waals surface area (Å²) in [6, 6.07) is 3.14. The summed E-state index contributed by atoms with van der Waals surface area (Å²) < 4.78 is 44.8. The number of H-pyrrole nitrogens is 1. The van der Waals surface area contributed by atoms with Gasteiger partial charge in [0, 0.05) is 19.0 Å². The Balaban J connectivity index is 0.00000312. The molecule has 1 heterocycles. The van der Waals surface area contributed by atoms with E-state index in [1.165, 1.54) is 13.1 Å². The third-order valence-electron chi connectivity index (χ3n) is 3.14. The standard InChI is InChI=1S/C14H16F3N5O2.2ClH/c1-20-13(19)22-12(23)9-6-7-8(14(15,16)17)2-3-10(11(7)21-9)24-5-4-18;;/h2-3,6,21H,4-5,18H2,1H3,(H3,19,20,22,23);2*1H. The van der Waals surface area contributed by atoms with Crippen LogP contribution in [0.2, 0.25) is 0 Å². The first-order chi connectivity index (χ1) is 11.3. The lowest BCUT2D eigenvalue weighted by Crippen LogP contribution is -2.28. The van der Waals surface area contributed by atoms with Crippen molar-refractivity contribution in [3.63, 3.8) is 0 Å². The smallest absolute Gasteiger partial charge is 0.417 e. The number of aliphatic imine (C=N–C) groups is 1. The molecule has 0 radical (unpaired) electrons. The molecule has 0 atom stereocenters. The van der Waals surface area contributed by atoms with Gasteiger partial charge in [-0.1, -0.05) is 0 Å². The van der Waals surface area contributed by atoms with Gasteiger partial charge >= 0.3 is 6.18 Å². The maximum Gasteiger partial charge on any atom is 0.417 e. The lowest BCUT2D eigenvalue weighted by molar-refractivity contribution is -0.136. The summed E-state index contributed by atoms with van der Waals surface area (Å²) in [7, 11) is 1.46. The van der Waals surface area contributed by atoms with Crippen LogP contribution in [-0.2, 0) is 6.18 Å². The zero-order valence-corrected chi connectivity index (χ0v) is 15.1. The number of amides is 1. The van der Waals surface area contributed by atoms with Crippen molar-refractivity contribution in [2.75, 3.05) is 20.2 Å². The van der Waals surface area contributed by atoms with Crippen LogP contribution in [0.1, 0.15) is 16.1 Å². The van der Waals surface area contributed by atoms with Crippen molar-refractivity contribution in [2.45, 2.75) is 6.18 Å². The number of nitrogens with zero attached hydrogens (tertiary/aromatic N) is 1. The Kier molecular flexibility index (Phi) is 8.71. The summed E-state index contributed by atoms with van der Waals surface area (Å²) in [4.78, 5) is 18.1. The molecule has 12 heteroatoms. The predicted octanol–water partition coefficient (Wildman–Crippen LogP) is 2.04. The number of hydrogen-bond donors (Lipinski definition) is 4. The quantitative estimate of drug-likeness (QED) is 0.450. The van der Waals surface area contributed by atoms with E-state index in [2.05, 4.69) is 15.3 Å². The molecule has 0 aliphatic carbocycles. The van der Waals surface area contributed by atoms with Crippen LogP contribution in [0.4, 0.5) is 13.2 Å². The molecule has 0 saturated carbocycles. The fourth-order valence-corrected chi connectivity index (χ4v) is 2.07. The largest absolute Gasteiger partial charge is 0.490 e. The molecule has 1 aromatic carbocycles. The topological polar surface area (TPSA) is 119 Å². The summed E-state index contributed by atoms with van der Waals surface area (Å²) in [5, 5.41) is 2.25. The zero-order valence-electron chi connectivity index (χ0n) is 13.5. The molecule has 0 unspecified atom stereocenters. The SMILES string of the molecule is CNC(N)=NC(=O)c1cc2c(C(F)(F)F)ccc(OCCN)c2[nH]1.Cl.Cl. The maximum absolute atomic E-state index is 13.2. The molecule has 7 nitrogen and oxygen atoms in total. The third kappa shape index (κ3) is 5.16. The monoisotopic (exact) mass is 415 g/mol. The first-order valence-corrected chi connectivity index (χ1v) is 6.90. The van der Waals surface area contributed by atoms with Crippen molar-refractivity contribution in [2.24, 2.45) is 16.5 Å².